The Bertz CT molecular complexity index is 711. The van der Waals surface area contributed by atoms with E-state index >= 15 is 0 Å². The fourth-order valence-corrected chi connectivity index (χ4v) is 3.84. The Morgan fingerprint density at radius 1 is 1.29 bits per heavy atom. The Hall–Kier alpha value is -2.28. The van der Waals surface area contributed by atoms with Crippen molar-refractivity contribution in [1.29, 1.82) is 0 Å². The van der Waals surface area contributed by atoms with Gasteiger partial charge >= 0.3 is 0 Å². The summed E-state index contributed by atoms with van der Waals surface area (Å²) >= 11 is 1.39. The van der Waals surface area contributed by atoms with Crippen molar-refractivity contribution in [3.63, 3.8) is 0 Å². The normalized spacial score (nSPS) is 17.6. The lowest BCUT2D eigenvalue weighted by Crippen LogP contribution is -2.41. The van der Waals surface area contributed by atoms with Gasteiger partial charge in [-0.1, -0.05) is 0 Å². The number of amides is 1. The van der Waals surface area contributed by atoms with E-state index in [9.17, 15) is 4.79 Å². The molecule has 126 valence electrons. The number of hydrogen-bond acceptors (Lipinski definition) is 6. The molecule has 0 unspecified atom stereocenters. The van der Waals surface area contributed by atoms with Gasteiger partial charge in [-0.3, -0.25) is 9.78 Å². The molecule has 1 fully saturated rings. The first-order chi connectivity index (χ1) is 11.8. The SMILES string of the molecule is O=C(c1scc2c1OCCO2)N1CCC(Oc2cccnc2)CC1. The number of rotatable bonds is 3. The van der Waals surface area contributed by atoms with Crippen LogP contribution in [0.25, 0.3) is 0 Å². The number of hydrogen-bond donors (Lipinski definition) is 0. The molecule has 0 aromatic carbocycles. The number of piperidine rings is 1. The first kappa shape index (κ1) is 15.3. The number of fused-ring (bicyclic) bond motifs is 1. The van der Waals surface area contributed by atoms with Gasteiger partial charge in [0.1, 0.15) is 29.9 Å². The van der Waals surface area contributed by atoms with Gasteiger partial charge in [0.2, 0.25) is 0 Å². The van der Waals surface area contributed by atoms with Crippen molar-refractivity contribution in [3.8, 4) is 17.2 Å². The second-order valence-corrected chi connectivity index (χ2v) is 6.63. The number of carbonyl (C=O) groups excluding carboxylic acids is 1. The fraction of sp³-hybridized carbons (Fsp3) is 0.412. The van der Waals surface area contributed by atoms with Crippen molar-refractivity contribution in [1.82, 2.24) is 9.88 Å². The van der Waals surface area contributed by atoms with Crippen LogP contribution in [0, 0.1) is 0 Å². The Kier molecular flexibility index (Phi) is 4.25. The highest BCUT2D eigenvalue weighted by Crippen LogP contribution is 2.40. The maximum absolute atomic E-state index is 12.7. The van der Waals surface area contributed by atoms with Crippen molar-refractivity contribution < 1.29 is 19.0 Å². The summed E-state index contributed by atoms with van der Waals surface area (Å²) < 4.78 is 17.0. The molecule has 0 bridgehead atoms. The van der Waals surface area contributed by atoms with Crippen LogP contribution in [0.3, 0.4) is 0 Å². The van der Waals surface area contributed by atoms with Crippen molar-refractivity contribution in [2.75, 3.05) is 26.3 Å². The predicted octanol–water partition coefficient (Wildman–Crippen LogP) is 2.60. The average molecular weight is 346 g/mol. The van der Waals surface area contributed by atoms with Crippen LogP contribution >= 0.6 is 11.3 Å². The molecule has 2 aliphatic heterocycles. The zero-order chi connectivity index (χ0) is 16.4. The molecule has 0 aliphatic carbocycles. The molecular formula is C17H18N2O4S. The van der Waals surface area contributed by atoms with E-state index in [1.54, 1.807) is 12.4 Å². The van der Waals surface area contributed by atoms with Gasteiger partial charge in [-0.15, -0.1) is 11.3 Å². The van der Waals surface area contributed by atoms with Gasteiger partial charge in [-0.25, -0.2) is 0 Å². The molecule has 6 nitrogen and oxygen atoms in total. The van der Waals surface area contributed by atoms with Crippen LogP contribution in [-0.4, -0.2) is 48.2 Å². The van der Waals surface area contributed by atoms with E-state index < -0.39 is 0 Å². The van der Waals surface area contributed by atoms with Crippen molar-refractivity contribution in [2.24, 2.45) is 0 Å². The van der Waals surface area contributed by atoms with Gasteiger partial charge < -0.3 is 19.1 Å². The molecule has 0 radical (unpaired) electrons. The maximum Gasteiger partial charge on any atom is 0.267 e. The summed E-state index contributed by atoms with van der Waals surface area (Å²) in [5, 5.41) is 1.85. The van der Waals surface area contributed by atoms with E-state index in [1.165, 1.54) is 11.3 Å². The van der Waals surface area contributed by atoms with Crippen LogP contribution in [0.2, 0.25) is 0 Å². The van der Waals surface area contributed by atoms with E-state index in [2.05, 4.69) is 4.98 Å². The van der Waals surface area contributed by atoms with Gasteiger partial charge in [0.15, 0.2) is 11.5 Å². The zero-order valence-corrected chi connectivity index (χ0v) is 14.0. The molecule has 7 heteroatoms. The molecule has 4 rings (SSSR count). The molecule has 24 heavy (non-hydrogen) atoms. The first-order valence-corrected chi connectivity index (χ1v) is 8.92. The topological polar surface area (TPSA) is 60.9 Å². The third-order valence-electron chi connectivity index (χ3n) is 4.16. The van der Waals surface area contributed by atoms with Gasteiger partial charge in [0.25, 0.3) is 5.91 Å². The molecule has 0 atom stereocenters. The summed E-state index contributed by atoms with van der Waals surface area (Å²) in [5.74, 6) is 2.08. The minimum atomic E-state index is 0.0200. The summed E-state index contributed by atoms with van der Waals surface area (Å²) in [7, 11) is 0. The average Bonchev–Trinajstić information content (AvgIpc) is 3.07. The largest absolute Gasteiger partial charge is 0.489 e. The van der Waals surface area contributed by atoms with Crippen molar-refractivity contribution >= 4 is 17.2 Å². The van der Waals surface area contributed by atoms with Gasteiger partial charge in [0.05, 0.1) is 6.20 Å². The van der Waals surface area contributed by atoms with Crippen LogP contribution < -0.4 is 14.2 Å². The number of pyridine rings is 1. The molecule has 2 aliphatic rings. The van der Waals surface area contributed by atoms with Crippen molar-refractivity contribution in [3.05, 3.63) is 34.8 Å². The minimum Gasteiger partial charge on any atom is -0.489 e. The lowest BCUT2D eigenvalue weighted by Gasteiger charge is -2.32. The van der Waals surface area contributed by atoms with E-state index in [1.807, 2.05) is 22.4 Å². The summed E-state index contributed by atoms with van der Waals surface area (Å²) in [4.78, 5) is 19.3. The van der Waals surface area contributed by atoms with Crippen LogP contribution in [0.1, 0.15) is 22.5 Å². The zero-order valence-electron chi connectivity index (χ0n) is 13.1. The van der Waals surface area contributed by atoms with E-state index in [4.69, 9.17) is 14.2 Å². The number of carbonyl (C=O) groups is 1. The van der Waals surface area contributed by atoms with Gasteiger partial charge in [0, 0.05) is 37.5 Å². The molecule has 0 spiro atoms. The lowest BCUT2D eigenvalue weighted by molar-refractivity contribution is 0.0592. The minimum absolute atomic E-state index is 0.0200. The summed E-state index contributed by atoms with van der Waals surface area (Å²) in [6.45, 7) is 2.38. The Morgan fingerprint density at radius 3 is 2.92 bits per heavy atom. The molecule has 1 saturated heterocycles. The number of likely N-dealkylation sites (tertiary alicyclic amines) is 1. The van der Waals surface area contributed by atoms with Crippen LogP contribution in [-0.2, 0) is 0 Å². The molecule has 2 aromatic rings. The molecular weight excluding hydrogens is 328 g/mol. The maximum atomic E-state index is 12.7. The quantitative estimate of drug-likeness (QED) is 0.855. The summed E-state index contributed by atoms with van der Waals surface area (Å²) in [6, 6.07) is 3.76. The lowest BCUT2D eigenvalue weighted by atomic mass is 10.1. The smallest absolute Gasteiger partial charge is 0.267 e. The number of thiophene rings is 1. The second-order valence-electron chi connectivity index (χ2n) is 5.75. The predicted molar refractivity (Wildman–Crippen MR) is 89.1 cm³/mol. The van der Waals surface area contributed by atoms with Crippen LogP contribution in [0.5, 0.6) is 17.2 Å². The van der Waals surface area contributed by atoms with E-state index in [-0.39, 0.29) is 12.0 Å². The third-order valence-corrected chi connectivity index (χ3v) is 5.09. The standard InChI is InChI=1S/C17H18N2O4S/c20-17(16-15-14(11-24-16)21-8-9-22-15)19-6-3-12(4-7-19)23-13-2-1-5-18-10-13/h1-2,5,10-12H,3-4,6-9H2. The third kappa shape index (κ3) is 3.03. The van der Waals surface area contributed by atoms with Crippen LogP contribution in [0.4, 0.5) is 0 Å². The molecule has 4 heterocycles. The highest BCUT2D eigenvalue weighted by Gasteiger charge is 2.30. The van der Waals surface area contributed by atoms with Gasteiger partial charge in [-0.2, -0.15) is 0 Å². The molecule has 2 aromatic heterocycles. The molecule has 0 N–H and O–H groups in total. The Balaban J connectivity index is 1.37. The van der Waals surface area contributed by atoms with Gasteiger partial charge in [-0.05, 0) is 12.1 Å². The number of aromatic nitrogens is 1. The highest BCUT2D eigenvalue weighted by molar-refractivity contribution is 7.12. The number of ether oxygens (including phenoxy) is 3. The fourth-order valence-electron chi connectivity index (χ4n) is 2.94. The van der Waals surface area contributed by atoms with E-state index in [0.29, 0.717) is 42.7 Å². The second kappa shape index (κ2) is 6.68. The molecule has 1 amide bonds. The summed E-state index contributed by atoms with van der Waals surface area (Å²) in [6.07, 6.45) is 5.18. The number of nitrogens with zero attached hydrogens (tertiary/aromatic N) is 2. The van der Waals surface area contributed by atoms with Crippen molar-refractivity contribution in [2.45, 2.75) is 18.9 Å². The molecule has 0 saturated carbocycles. The summed E-state index contributed by atoms with van der Waals surface area (Å²) in [5.41, 5.74) is 0. The van der Waals surface area contributed by atoms with Crippen LogP contribution in [0.15, 0.2) is 29.9 Å². The monoisotopic (exact) mass is 346 g/mol. The Morgan fingerprint density at radius 2 is 2.12 bits per heavy atom. The Labute approximate surface area is 144 Å². The highest BCUT2D eigenvalue weighted by atomic mass is 32.1. The van der Waals surface area contributed by atoms with E-state index in [0.717, 1.165) is 18.6 Å². The first-order valence-electron chi connectivity index (χ1n) is 8.04.